The zero-order valence-corrected chi connectivity index (χ0v) is 8.15. The molecule has 0 saturated heterocycles. The van der Waals surface area contributed by atoms with Crippen LogP contribution in [0.2, 0.25) is 0 Å². The molecule has 0 aliphatic heterocycles. The lowest BCUT2D eigenvalue weighted by atomic mass is 11.0. The van der Waals surface area contributed by atoms with Crippen LogP contribution in [0.4, 0.5) is 23.8 Å². The maximum absolute atomic E-state index is 5.14. The van der Waals surface area contributed by atoms with Crippen LogP contribution >= 0.6 is 0 Å². The first-order valence-corrected chi connectivity index (χ1v) is 3.86. The maximum Gasteiger partial charge on any atom is 0.242 e. The maximum atomic E-state index is 5.14. The molecule has 0 atom stereocenters. The third kappa shape index (κ3) is 2.11. The monoisotopic (exact) mass is 228 g/mol. The first kappa shape index (κ1) is 11.2. The zero-order chi connectivity index (χ0) is 12.3. The van der Waals surface area contributed by atoms with E-state index in [1.54, 1.807) is 0 Å². The second-order valence-corrected chi connectivity index (χ2v) is 2.57. The van der Waals surface area contributed by atoms with E-state index in [2.05, 4.69) is 20.4 Å². The Bertz CT molecular complexity index is 382. The van der Waals surface area contributed by atoms with E-state index in [0.29, 0.717) is 0 Å². The molecule has 2 heterocycles. The molecule has 0 aliphatic rings. The van der Waals surface area contributed by atoms with E-state index in [-0.39, 0.29) is 23.8 Å². The van der Waals surface area contributed by atoms with E-state index >= 15 is 0 Å². The smallest absolute Gasteiger partial charge is 0.242 e. The molecular weight excluding hydrogens is 216 g/mol. The predicted molar refractivity (Wildman–Crippen MR) is 58.0 cm³/mol. The van der Waals surface area contributed by atoms with Crippen molar-refractivity contribution >= 4 is 23.8 Å². The van der Waals surface area contributed by atoms with Gasteiger partial charge in [-0.25, -0.2) is 0 Å². The fraction of sp³-hybridized carbons (Fsp3) is 0. The largest absolute Gasteiger partial charge is 0.366 e. The number of hydrogen-bond acceptors (Lipinski definition) is 10. The fourth-order valence-corrected chi connectivity index (χ4v) is 0.632. The van der Waals surface area contributed by atoms with Crippen LogP contribution in [0.25, 0.3) is 0 Å². The summed E-state index contributed by atoms with van der Waals surface area (Å²) < 4.78 is 2.00. The van der Waals surface area contributed by atoms with Gasteiger partial charge in [0.25, 0.3) is 0 Å². The molecule has 0 unspecified atom stereocenters. The number of nitrogens with two attached hydrogens (primary N) is 6. The van der Waals surface area contributed by atoms with Crippen LogP contribution in [0.15, 0.2) is 0 Å². The van der Waals surface area contributed by atoms with Crippen LogP contribution < -0.4 is 34.6 Å². The number of anilines is 4. The molecular formula is C4H12N12. The minimum Gasteiger partial charge on any atom is -0.366 e. The lowest BCUT2D eigenvalue weighted by molar-refractivity contribution is 1.03. The van der Waals surface area contributed by atoms with Crippen molar-refractivity contribution in [3.05, 3.63) is 0 Å². The Morgan fingerprint density at radius 2 is 0.750 bits per heavy atom. The standard InChI is InChI=1S/2C2H6N6/c2*3-1-6-7-2(4)8(1)5/h2*5H2,(H2,3,6)(H2,4,7). The lowest BCUT2D eigenvalue weighted by Crippen LogP contribution is -2.14. The molecule has 0 aromatic carbocycles. The molecule has 88 valence electrons. The third-order valence-electron chi connectivity index (χ3n) is 1.50. The first-order chi connectivity index (χ1) is 7.43. The average Bonchev–Trinajstić information content (AvgIpc) is 2.70. The van der Waals surface area contributed by atoms with Crippen LogP contribution in [0, 0.1) is 0 Å². The summed E-state index contributed by atoms with van der Waals surface area (Å²) in [6.45, 7) is 0. The molecule has 2 aromatic rings. The van der Waals surface area contributed by atoms with Gasteiger partial charge in [0.05, 0.1) is 0 Å². The van der Waals surface area contributed by atoms with E-state index in [1.807, 2.05) is 0 Å². The molecule has 0 spiro atoms. The van der Waals surface area contributed by atoms with Crippen LogP contribution in [0.1, 0.15) is 0 Å². The SMILES string of the molecule is Nc1nnc(N)n1N.Nc1nnc(N)n1N. The molecule has 0 saturated carbocycles. The van der Waals surface area contributed by atoms with Gasteiger partial charge in [-0.2, -0.15) is 9.35 Å². The fourth-order valence-electron chi connectivity index (χ4n) is 0.632. The van der Waals surface area contributed by atoms with Gasteiger partial charge < -0.3 is 34.6 Å². The van der Waals surface area contributed by atoms with Gasteiger partial charge in [-0.1, -0.05) is 0 Å². The van der Waals surface area contributed by atoms with Gasteiger partial charge in [0.15, 0.2) is 0 Å². The van der Waals surface area contributed by atoms with Gasteiger partial charge in [0.1, 0.15) is 0 Å². The molecule has 12 nitrogen and oxygen atoms in total. The lowest BCUT2D eigenvalue weighted by Gasteiger charge is -1.90. The highest BCUT2D eigenvalue weighted by molar-refractivity contribution is 5.28. The van der Waals surface area contributed by atoms with Crippen LogP contribution in [-0.2, 0) is 0 Å². The molecule has 0 amide bonds. The van der Waals surface area contributed by atoms with Crippen molar-refractivity contribution in [3.63, 3.8) is 0 Å². The second-order valence-electron chi connectivity index (χ2n) is 2.57. The number of nitrogens with zero attached hydrogens (tertiary/aromatic N) is 6. The Balaban J connectivity index is 0.000000160. The molecule has 12 N–H and O–H groups in total. The van der Waals surface area contributed by atoms with Gasteiger partial charge in [-0.15, -0.1) is 20.4 Å². The normalized spacial score (nSPS) is 9.50. The summed E-state index contributed by atoms with van der Waals surface area (Å²) in [4.78, 5) is 0. The van der Waals surface area contributed by atoms with Crippen molar-refractivity contribution in [1.29, 1.82) is 0 Å². The highest BCUT2D eigenvalue weighted by atomic mass is 15.5. The highest BCUT2D eigenvalue weighted by Gasteiger charge is 1.98. The quantitative estimate of drug-likeness (QED) is 0.242. The van der Waals surface area contributed by atoms with E-state index in [1.165, 1.54) is 0 Å². The highest BCUT2D eigenvalue weighted by Crippen LogP contribution is 1.96. The zero-order valence-electron chi connectivity index (χ0n) is 8.15. The molecule has 0 radical (unpaired) electrons. The van der Waals surface area contributed by atoms with Crippen LogP contribution in [0.3, 0.4) is 0 Å². The van der Waals surface area contributed by atoms with Crippen molar-refractivity contribution in [3.8, 4) is 0 Å². The van der Waals surface area contributed by atoms with Crippen molar-refractivity contribution in [2.75, 3.05) is 34.6 Å². The summed E-state index contributed by atoms with van der Waals surface area (Å²) in [6.07, 6.45) is 0. The summed E-state index contributed by atoms with van der Waals surface area (Å²) in [5.74, 6) is 10.7. The molecule has 12 heteroatoms. The van der Waals surface area contributed by atoms with Crippen molar-refractivity contribution in [2.45, 2.75) is 0 Å². The van der Waals surface area contributed by atoms with E-state index < -0.39 is 0 Å². The van der Waals surface area contributed by atoms with Gasteiger partial charge in [0, 0.05) is 0 Å². The summed E-state index contributed by atoms with van der Waals surface area (Å²) in [5, 5.41) is 13.4. The van der Waals surface area contributed by atoms with Gasteiger partial charge >= 0.3 is 0 Å². The van der Waals surface area contributed by atoms with Crippen molar-refractivity contribution in [1.82, 2.24) is 29.7 Å². The molecule has 2 aromatic heterocycles. The topological polar surface area (TPSA) is 218 Å². The van der Waals surface area contributed by atoms with Gasteiger partial charge in [-0.05, 0) is 0 Å². The molecule has 2 rings (SSSR count). The van der Waals surface area contributed by atoms with Crippen molar-refractivity contribution in [2.24, 2.45) is 0 Å². The number of nitrogen functional groups attached to an aromatic ring is 6. The van der Waals surface area contributed by atoms with Crippen LogP contribution in [-0.4, -0.2) is 29.7 Å². The van der Waals surface area contributed by atoms with E-state index in [9.17, 15) is 0 Å². The van der Waals surface area contributed by atoms with Crippen molar-refractivity contribution < 1.29 is 0 Å². The summed E-state index contributed by atoms with van der Waals surface area (Å²) >= 11 is 0. The van der Waals surface area contributed by atoms with E-state index in [4.69, 9.17) is 34.6 Å². The number of rotatable bonds is 0. The minimum atomic E-state index is 0.113. The first-order valence-electron chi connectivity index (χ1n) is 3.86. The predicted octanol–water partition coefficient (Wildman–Crippen LogP) is -3.69. The Labute approximate surface area is 89.1 Å². The Hall–Kier alpha value is -2.92. The number of aromatic nitrogens is 6. The summed E-state index contributed by atoms with van der Waals surface area (Å²) in [7, 11) is 0. The Morgan fingerprint density at radius 1 is 0.562 bits per heavy atom. The van der Waals surface area contributed by atoms with E-state index in [0.717, 1.165) is 9.35 Å². The Morgan fingerprint density at radius 3 is 0.812 bits per heavy atom. The molecule has 0 aliphatic carbocycles. The summed E-state index contributed by atoms with van der Waals surface area (Å²) in [6, 6.07) is 0. The second kappa shape index (κ2) is 4.07. The minimum absolute atomic E-state index is 0.113. The van der Waals surface area contributed by atoms with Gasteiger partial charge in [-0.3, -0.25) is 0 Å². The molecule has 0 bridgehead atoms. The van der Waals surface area contributed by atoms with Gasteiger partial charge in [0.2, 0.25) is 23.8 Å². The third-order valence-corrected chi connectivity index (χ3v) is 1.50. The summed E-state index contributed by atoms with van der Waals surface area (Å²) in [5.41, 5.74) is 20.5. The molecule has 16 heavy (non-hydrogen) atoms. The Kier molecular flexibility index (Phi) is 2.84. The average molecular weight is 228 g/mol. The van der Waals surface area contributed by atoms with Crippen LogP contribution in [0.5, 0.6) is 0 Å². The molecule has 0 fully saturated rings. The number of hydrogen-bond donors (Lipinski definition) is 6.